The van der Waals surface area contributed by atoms with Crippen LogP contribution in [0, 0.1) is 0 Å². The van der Waals surface area contributed by atoms with E-state index in [2.05, 4.69) is 26.6 Å². The van der Waals surface area contributed by atoms with Gasteiger partial charge < -0.3 is 30.2 Å². The molecule has 4 N–H and O–H groups in total. The molecule has 2 aromatic carbocycles. The number of hydrogen-bond acceptors (Lipinski definition) is 7. The Morgan fingerprint density at radius 3 is 2.02 bits per heavy atom. The van der Waals surface area contributed by atoms with Crippen molar-refractivity contribution in [2.45, 2.75) is 12.4 Å². The number of morpholine rings is 1. The van der Waals surface area contributed by atoms with Gasteiger partial charge >= 0.3 is 24.3 Å². The van der Waals surface area contributed by atoms with E-state index < -0.39 is 24.3 Å². The van der Waals surface area contributed by atoms with E-state index in [1.54, 1.807) is 36.0 Å². The predicted molar refractivity (Wildman–Crippen MR) is 177 cm³/mol. The minimum atomic E-state index is -5.08. The lowest BCUT2D eigenvalue weighted by Gasteiger charge is -2.26. The lowest BCUT2D eigenvalue weighted by Crippen LogP contribution is -2.41. The summed E-state index contributed by atoms with van der Waals surface area (Å²) >= 11 is 0. The van der Waals surface area contributed by atoms with E-state index in [0.29, 0.717) is 23.5 Å². The molecule has 1 fully saturated rings. The number of aromatic nitrogens is 2. The number of ether oxygens (including phenoxy) is 1. The third kappa shape index (κ3) is 13.2. The number of aryl methyl sites for hydroxylation is 1. The van der Waals surface area contributed by atoms with Crippen LogP contribution in [0.4, 0.5) is 32.0 Å². The van der Waals surface area contributed by atoms with E-state index in [1.165, 1.54) is 0 Å². The van der Waals surface area contributed by atoms with Gasteiger partial charge in [0.2, 0.25) is 0 Å². The Morgan fingerprint density at radius 2 is 1.42 bits per heavy atom. The maximum Gasteiger partial charge on any atom is 0.490 e. The zero-order valence-corrected chi connectivity index (χ0v) is 27.4. The Balaban J connectivity index is 0.000000441. The number of para-hydroxylation sites is 1. The van der Waals surface area contributed by atoms with Crippen molar-refractivity contribution in [1.82, 2.24) is 19.8 Å². The fourth-order valence-corrected chi connectivity index (χ4v) is 4.42. The Labute approximate surface area is 292 Å². The first-order valence-corrected chi connectivity index (χ1v) is 15.2. The molecule has 1 aliphatic heterocycles. The average molecular weight is 738 g/mol. The maximum absolute atomic E-state index is 12.8. The summed E-state index contributed by atoms with van der Waals surface area (Å²) in [6.07, 6.45) is -2.58. The van der Waals surface area contributed by atoms with Crippen molar-refractivity contribution in [3.63, 3.8) is 0 Å². The van der Waals surface area contributed by atoms with Crippen molar-refractivity contribution in [2.75, 3.05) is 44.7 Å². The van der Waals surface area contributed by atoms with E-state index in [1.807, 2.05) is 54.7 Å². The lowest BCUT2D eigenvalue weighted by molar-refractivity contribution is -0.193. The minimum absolute atomic E-state index is 0.168. The SMILES string of the molecule is Cn1cc(NC(=O)c2ccc(/C=C/c3cnc4ccccc4c3)cc2)cc1C(=O)NCCN1CCOCC1.O=C(O)C(F)(F)F.O=C(O)C(F)(F)F. The zero-order chi connectivity index (χ0) is 38.5. The Kier molecular flexibility index (Phi) is 14.5. The number of fused-ring (bicyclic) bond motifs is 1. The summed E-state index contributed by atoms with van der Waals surface area (Å²) in [4.78, 5) is 50.0. The standard InChI is InChI=1S/C30H31N5O3.2C2HF3O2/c1-34-21-26(19-28(34)30(37)31-12-13-35-14-16-38-17-15-35)33-29(36)24-10-8-22(9-11-24)6-7-23-18-25-4-2-3-5-27(25)32-20-23;2*3-2(4,5)1(6)7/h2-11,18-21H,12-17H2,1H3,(H,31,37)(H,33,36);2*(H,6,7)/b7-6+;;. The largest absolute Gasteiger partial charge is 0.490 e. The van der Waals surface area contributed by atoms with Crippen LogP contribution in [0.1, 0.15) is 32.0 Å². The number of amides is 2. The molecule has 12 nitrogen and oxygen atoms in total. The third-order valence-corrected chi connectivity index (χ3v) is 7.05. The summed E-state index contributed by atoms with van der Waals surface area (Å²) in [7, 11) is 1.79. The maximum atomic E-state index is 12.8. The van der Waals surface area contributed by atoms with Crippen molar-refractivity contribution in [1.29, 1.82) is 0 Å². The number of carboxylic acids is 2. The van der Waals surface area contributed by atoms with Crippen molar-refractivity contribution in [3.8, 4) is 0 Å². The summed E-state index contributed by atoms with van der Waals surface area (Å²) in [6.45, 7) is 4.58. The van der Waals surface area contributed by atoms with E-state index in [4.69, 9.17) is 24.5 Å². The Hall–Kier alpha value is -5.75. The van der Waals surface area contributed by atoms with Gasteiger partial charge in [0.05, 0.1) is 24.4 Å². The molecule has 2 aromatic heterocycles. The number of carbonyl (C=O) groups excluding carboxylic acids is 2. The van der Waals surface area contributed by atoms with Crippen molar-refractivity contribution in [2.24, 2.45) is 7.05 Å². The molecule has 278 valence electrons. The first-order valence-electron chi connectivity index (χ1n) is 15.2. The van der Waals surface area contributed by atoms with Crippen molar-refractivity contribution >= 4 is 52.5 Å². The first-order chi connectivity index (χ1) is 24.4. The van der Waals surface area contributed by atoms with Gasteiger partial charge in [0.15, 0.2) is 0 Å². The van der Waals surface area contributed by atoms with Crippen LogP contribution in [0.15, 0.2) is 73.1 Å². The van der Waals surface area contributed by atoms with Crippen LogP contribution in [0.2, 0.25) is 0 Å². The molecule has 4 aromatic rings. The van der Waals surface area contributed by atoms with Gasteiger partial charge in [0.25, 0.3) is 11.8 Å². The third-order valence-electron chi connectivity index (χ3n) is 7.05. The van der Waals surface area contributed by atoms with E-state index in [0.717, 1.165) is 54.9 Å². The molecular formula is C34H33F6N5O7. The number of nitrogens with zero attached hydrogens (tertiary/aromatic N) is 3. The summed E-state index contributed by atoms with van der Waals surface area (Å²) in [5, 5.41) is 21.2. The summed E-state index contributed by atoms with van der Waals surface area (Å²) in [5.41, 5.74) is 4.56. The summed E-state index contributed by atoms with van der Waals surface area (Å²) < 4.78 is 70.5. The van der Waals surface area contributed by atoms with Gasteiger partial charge in [0.1, 0.15) is 5.69 Å². The van der Waals surface area contributed by atoms with E-state index in [9.17, 15) is 35.9 Å². The quantitative estimate of drug-likeness (QED) is 0.175. The molecule has 0 spiro atoms. The van der Waals surface area contributed by atoms with Crippen molar-refractivity contribution in [3.05, 3.63) is 95.4 Å². The molecule has 1 saturated heterocycles. The van der Waals surface area contributed by atoms with Crippen LogP contribution in [0.25, 0.3) is 23.1 Å². The fourth-order valence-electron chi connectivity index (χ4n) is 4.42. The zero-order valence-electron chi connectivity index (χ0n) is 27.4. The van der Waals surface area contributed by atoms with Gasteiger partial charge in [-0.05, 0) is 41.5 Å². The molecule has 52 heavy (non-hydrogen) atoms. The topological polar surface area (TPSA) is 163 Å². The molecule has 18 heteroatoms. The molecule has 0 unspecified atom stereocenters. The van der Waals surface area contributed by atoms with Crippen LogP contribution in [0.3, 0.4) is 0 Å². The van der Waals surface area contributed by atoms with Crippen LogP contribution >= 0.6 is 0 Å². The number of halogens is 6. The van der Waals surface area contributed by atoms with Gasteiger partial charge in [-0.25, -0.2) is 9.59 Å². The normalized spacial score (nSPS) is 13.4. The molecule has 0 aliphatic carbocycles. The second kappa shape index (κ2) is 18.5. The number of anilines is 1. The number of aliphatic carboxylic acids is 2. The second-order valence-corrected chi connectivity index (χ2v) is 10.9. The Bertz CT molecular complexity index is 1850. The van der Waals surface area contributed by atoms with Crippen LogP contribution in [0.5, 0.6) is 0 Å². The Morgan fingerprint density at radius 1 is 0.846 bits per heavy atom. The van der Waals surface area contributed by atoms with Gasteiger partial charge in [-0.3, -0.25) is 19.5 Å². The number of carbonyl (C=O) groups is 4. The summed E-state index contributed by atoms with van der Waals surface area (Å²) in [6, 6.07) is 19.2. The molecule has 1 aliphatic rings. The number of benzene rings is 2. The van der Waals surface area contributed by atoms with E-state index in [-0.39, 0.29) is 11.8 Å². The number of pyridine rings is 1. The number of alkyl halides is 6. The second-order valence-electron chi connectivity index (χ2n) is 10.9. The van der Waals surface area contributed by atoms with E-state index >= 15 is 0 Å². The fraction of sp³-hybridized carbons (Fsp3) is 0.265. The van der Waals surface area contributed by atoms with Crippen LogP contribution < -0.4 is 10.6 Å². The predicted octanol–water partition coefficient (Wildman–Crippen LogP) is 5.32. The first kappa shape index (κ1) is 40.7. The molecule has 0 atom stereocenters. The highest BCUT2D eigenvalue weighted by Crippen LogP contribution is 2.18. The molecule has 2 amide bonds. The smallest absolute Gasteiger partial charge is 0.475 e. The number of carboxylic acid groups (broad SMARTS) is 2. The summed E-state index contributed by atoms with van der Waals surface area (Å²) in [5.74, 6) is -5.91. The number of nitrogens with one attached hydrogen (secondary N) is 2. The number of rotatable bonds is 8. The van der Waals surface area contributed by atoms with Crippen LogP contribution in [-0.2, 0) is 21.4 Å². The molecule has 0 radical (unpaired) electrons. The lowest BCUT2D eigenvalue weighted by atomic mass is 10.1. The molecule has 0 bridgehead atoms. The molecular weight excluding hydrogens is 704 g/mol. The minimum Gasteiger partial charge on any atom is -0.475 e. The van der Waals surface area contributed by atoms with Crippen LogP contribution in [-0.4, -0.2) is 100 Å². The molecule has 5 rings (SSSR count). The highest BCUT2D eigenvalue weighted by molar-refractivity contribution is 6.05. The monoisotopic (exact) mass is 737 g/mol. The highest BCUT2D eigenvalue weighted by Gasteiger charge is 2.38. The molecule has 0 saturated carbocycles. The molecule has 3 heterocycles. The highest BCUT2D eigenvalue weighted by atomic mass is 19.4. The van der Waals surface area contributed by atoms with Gasteiger partial charge in [-0.2, -0.15) is 26.3 Å². The number of hydrogen-bond donors (Lipinski definition) is 4. The van der Waals surface area contributed by atoms with Gasteiger partial charge in [-0.1, -0.05) is 42.5 Å². The van der Waals surface area contributed by atoms with Gasteiger partial charge in [-0.15, -0.1) is 0 Å². The average Bonchev–Trinajstić information content (AvgIpc) is 3.47. The van der Waals surface area contributed by atoms with Gasteiger partial charge in [0, 0.05) is 56.6 Å². The van der Waals surface area contributed by atoms with Crippen molar-refractivity contribution < 1.29 is 60.5 Å².